The molecule has 2 amide bonds. The van der Waals surface area contributed by atoms with Crippen LogP contribution >= 0.6 is 0 Å². The maximum absolute atomic E-state index is 11.6. The highest BCUT2D eigenvalue weighted by Crippen LogP contribution is 2.15. The zero-order chi connectivity index (χ0) is 14.3. The summed E-state index contributed by atoms with van der Waals surface area (Å²) in [6, 6.07) is -1.55. The molecule has 0 aromatic rings. The smallest absolute Gasteiger partial charge is 0.329 e. The summed E-state index contributed by atoms with van der Waals surface area (Å²) in [6.45, 7) is 4.79. The van der Waals surface area contributed by atoms with E-state index in [2.05, 4.69) is 15.4 Å². The van der Waals surface area contributed by atoms with Gasteiger partial charge in [0.05, 0.1) is 7.11 Å². The number of hydrogen-bond acceptors (Lipinski definition) is 4. The van der Waals surface area contributed by atoms with Crippen LogP contribution in [0, 0.1) is 0 Å². The Labute approximate surface area is 106 Å². The second-order valence-corrected chi connectivity index (χ2v) is 3.94. The van der Waals surface area contributed by atoms with E-state index >= 15 is 0 Å². The van der Waals surface area contributed by atoms with Crippen molar-refractivity contribution >= 4 is 18.0 Å². The maximum Gasteiger partial charge on any atom is 0.329 e. The number of carboxylic acid groups (broad SMARTS) is 1. The van der Waals surface area contributed by atoms with Crippen molar-refractivity contribution in [1.82, 2.24) is 10.6 Å². The Morgan fingerprint density at radius 2 is 1.78 bits per heavy atom. The van der Waals surface area contributed by atoms with Crippen LogP contribution in [0.25, 0.3) is 0 Å². The lowest BCUT2D eigenvalue weighted by atomic mass is 9.93. The fourth-order valence-electron chi connectivity index (χ4n) is 1.47. The van der Waals surface area contributed by atoms with Gasteiger partial charge < -0.3 is 20.5 Å². The zero-order valence-electron chi connectivity index (χ0n) is 11.1. The molecule has 0 saturated heterocycles. The van der Waals surface area contributed by atoms with Gasteiger partial charge in [-0.2, -0.15) is 0 Å². The monoisotopic (exact) mass is 260 g/mol. The van der Waals surface area contributed by atoms with Crippen LogP contribution in [0.3, 0.4) is 0 Å². The molecule has 7 nitrogen and oxygen atoms in total. The highest BCUT2D eigenvalue weighted by molar-refractivity contribution is 5.88. The van der Waals surface area contributed by atoms with E-state index < -0.39 is 29.6 Å². The average Bonchev–Trinajstić information content (AvgIpc) is 2.34. The Bertz CT molecular complexity index is 325. The van der Waals surface area contributed by atoms with Crippen LogP contribution in [-0.4, -0.2) is 41.8 Å². The third-order valence-corrected chi connectivity index (χ3v) is 2.87. The molecule has 1 unspecified atom stereocenters. The number of carbonyl (C=O) groups excluding carboxylic acids is 2. The first-order chi connectivity index (χ1) is 8.32. The van der Waals surface area contributed by atoms with E-state index in [-0.39, 0.29) is 12.8 Å². The Morgan fingerprint density at radius 3 is 2.11 bits per heavy atom. The van der Waals surface area contributed by atoms with Crippen molar-refractivity contribution in [2.24, 2.45) is 0 Å². The van der Waals surface area contributed by atoms with Crippen molar-refractivity contribution in [3.05, 3.63) is 0 Å². The highest BCUT2D eigenvalue weighted by Gasteiger charge is 2.36. The summed E-state index contributed by atoms with van der Waals surface area (Å²) in [4.78, 5) is 33.9. The Kier molecular flexibility index (Phi) is 6.15. The third-order valence-electron chi connectivity index (χ3n) is 2.87. The fourth-order valence-corrected chi connectivity index (χ4v) is 1.47. The van der Waals surface area contributed by atoms with E-state index in [9.17, 15) is 14.4 Å². The third kappa shape index (κ3) is 3.90. The van der Waals surface area contributed by atoms with E-state index in [0.717, 1.165) is 0 Å². The standard InChI is InChI=1S/C11H20N2O5/c1-5-11(6-2,9(15)16)13-10(17)12-7(3)8(14)18-4/h7H,5-6H2,1-4H3,(H,15,16)(H2,12,13,17). The van der Waals surface area contributed by atoms with Gasteiger partial charge in [0.25, 0.3) is 0 Å². The number of hydrogen-bond donors (Lipinski definition) is 3. The predicted octanol–water partition coefficient (Wildman–Crippen LogP) is 0.491. The predicted molar refractivity (Wildman–Crippen MR) is 64.1 cm³/mol. The summed E-state index contributed by atoms with van der Waals surface area (Å²) in [5.74, 6) is -1.70. The topological polar surface area (TPSA) is 105 Å². The first-order valence-electron chi connectivity index (χ1n) is 5.72. The van der Waals surface area contributed by atoms with Crippen LogP contribution in [0.5, 0.6) is 0 Å². The molecular weight excluding hydrogens is 240 g/mol. The van der Waals surface area contributed by atoms with E-state index in [1.165, 1.54) is 14.0 Å². The van der Waals surface area contributed by atoms with Crippen molar-refractivity contribution in [1.29, 1.82) is 0 Å². The minimum Gasteiger partial charge on any atom is -0.480 e. The highest BCUT2D eigenvalue weighted by atomic mass is 16.5. The van der Waals surface area contributed by atoms with Crippen LogP contribution in [0.4, 0.5) is 4.79 Å². The number of carbonyl (C=O) groups is 3. The maximum atomic E-state index is 11.6. The minimum atomic E-state index is -1.32. The number of nitrogens with one attached hydrogen (secondary N) is 2. The molecule has 0 aromatic heterocycles. The molecule has 0 radical (unpaired) electrons. The molecule has 0 spiro atoms. The first-order valence-corrected chi connectivity index (χ1v) is 5.72. The number of aliphatic carboxylic acids is 1. The number of ether oxygens (including phenoxy) is 1. The molecule has 0 aliphatic rings. The lowest BCUT2D eigenvalue weighted by molar-refractivity contribution is -0.144. The van der Waals surface area contributed by atoms with E-state index in [1.54, 1.807) is 13.8 Å². The summed E-state index contributed by atoms with van der Waals surface area (Å²) in [6.07, 6.45) is 0.498. The van der Waals surface area contributed by atoms with E-state index in [4.69, 9.17) is 5.11 Å². The number of esters is 1. The molecule has 7 heteroatoms. The van der Waals surface area contributed by atoms with Crippen LogP contribution in [-0.2, 0) is 14.3 Å². The summed E-state index contributed by atoms with van der Waals surface area (Å²) in [5.41, 5.74) is -1.32. The van der Waals surface area contributed by atoms with Crippen molar-refractivity contribution < 1.29 is 24.2 Å². The second-order valence-electron chi connectivity index (χ2n) is 3.94. The van der Waals surface area contributed by atoms with Crippen LogP contribution in [0.2, 0.25) is 0 Å². The molecule has 1 atom stereocenters. The van der Waals surface area contributed by atoms with Crippen molar-refractivity contribution in [2.75, 3.05) is 7.11 Å². The van der Waals surface area contributed by atoms with Gasteiger partial charge in [-0.15, -0.1) is 0 Å². The summed E-state index contributed by atoms with van der Waals surface area (Å²) in [5, 5.41) is 13.8. The summed E-state index contributed by atoms with van der Waals surface area (Å²) >= 11 is 0. The van der Waals surface area contributed by atoms with Gasteiger partial charge >= 0.3 is 18.0 Å². The normalized spacial score (nSPS) is 12.4. The number of amides is 2. The molecule has 0 saturated carbocycles. The van der Waals surface area contributed by atoms with Crippen molar-refractivity contribution in [3.63, 3.8) is 0 Å². The zero-order valence-corrected chi connectivity index (χ0v) is 11.1. The Balaban J connectivity index is 4.63. The quantitative estimate of drug-likeness (QED) is 0.603. The first kappa shape index (κ1) is 16.2. The second kappa shape index (κ2) is 6.83. The van der Waals surface area contributed by atoms with Gasteiger partial charge in [-0.05, 0) is 19.8 Å². The molecule has 0 aromatic carbocycles. The van der Waals surface area contributed by atoms with Crippen LogP contribution in [0.15, 0.2) is 0 Å². The largest absolute Gasteiger partial charge is 0.480 e. The number of carboxylic acids is 1. The van der Waals surface area contributed by atoms with E-state index in [0.29, 0.717) is 0 Å². The SMILES string of the molecule is CCC(CC)(NC(=O)NC(C)C(=O)OC)C(=O)O. The molecule has 0 fully saturated rings. The molecular formula is C11H20N2O5. The minimum absolute atomic E-state index is 0.249. The van der Waals surface area contributed by atoms with Gasteiger partial charge in [0.1, 0.15) is 11.6 Å². The van der Waals surface area contributed by atoms with Crippen molar-refractivity contribution in [3.8, 4) is 0 Å². The van der Waals surface area contributed by atoms with Gasteiger partial charge in [0.2, 0.25) is 0 Å². The van der Waals surface area contributed by atoms with Gasteiger partial charge in [0, 0.05) is 0 Å². The number of urea groups is 1. The van der Waals surface area contributed by atoms with Gasteiger partial charge in [-0.3, -0.25) is 0 Å². The Hall–Kier alpha value is -1.79. The summed E-state index contributed by atoms with van der Waals surface area (Å²) in [7, 11) is 1.21. The molecule has 0 aliphatic carbocycles. The van der Waals surface area contributed by atoms with Crippen LogP contribution < -0.4 is 10.6 Å². The number of rotatable bonds is 6. The average molecular weight is 260 g/mol. The molecule has 0 aliphatic heterocycles. The van der Waals surface area contributed by atoms with Gasteiger partial charge in [0.15, 0.2) is 0 Å². The number of methoxy groups -OCH3 is 1. The molecule has 104 valence electrons. The molecule has 0 rings (SSSR count). The lowest BCUT2D eigenvalue weighted by Crippen LogP contribution is -2.58. The summed E-state index contributed by atoms with van der Waals surface area (Å²) < 4.78 is 4.45. The molecule has 3 N–H and O–H groups in total. The van der Waals surface area contributed by atoms with Gasteiger partial charge in [-0.25, -0.2) is 14.4 Å². The van der Waals surface area contributed by atoms with Crippen LogP contribution in [0.1, 0.15) is 33.6 Å². The molecule has 0 heterocycles. The molecule has 18 heavy (non-hydrogen) atoms. The molecule has 0 bridgehead atoms. The fraction of sp³-hybridized carbons (Fsp3) is 0.727. The Morgan fingerprint density at radius 1 is 1.28 bits per heavy atom. The lowest BCUT2D eigenvalue weighted by Gasteiger charge is -2.28. The van der Waals surface area contributed by atoms with E-state index in [1.807, 2.05) is 0 Å². The van der Waals surface area contributed by atoms with Gasteiger partial charge in [-0.1, -0.05) is 13.8 Å². The van der Waals surface area contributed by atoms with Crippen molar-refractivity contribution in [2.45, 2.75) is 45.2 Å².